The molecule has 0 aromatic heterocycles. The third kappa shape index (κ3) is 5.39. The number of hydrogen-bond donors (Lipinski definition) is 0. The molecule has 0 spiro atoms. The van der Waals surface area contributed by atoms with Crippen LogP contribution in [0.15, 0.2) is 224 Å². The Morgan fingerprint density at radius 3 is 0.879 bits per heavy atom. The quantitative estimate of drug-likeness (QED) is 0.152. The minimum absolute atomic E-state index is 1.01. The average Bonchev–Trinajstić information content (AvgIpc) is 3.39. The maximum Gasteiger partial charge on any atom is -0.00139 e. The average molecular weight is 835 g/mol. The van der Waals surface area contributed by atoms with Crippen molar-refractivity contribution in [2.24, 2.45) is 0 Å². The molecule has 0 bridgehead atoms. The fourth-order valence-electron chi connectivity index (χ4n) is 11.7. The van der Waals surface area contributed by atoms with E-state index in [0.29, 0.717) is 0 Å². The third-order valence-electron chi connectivity index (χ3n) is 14.7. The Balaban J connectivity index is 1.20. The zero-order valence-electron chi connectivity index (χ0n) is 36.6. The topological polar surface area (TPSA) is 0 Å². The smallest absolute Gasteiger partial charge is 0.00139 e. The molecule has 0 nitrogen and oxygen atoms in total. The van der Waals surface area contributed by atoms with Crippen molar-refractivity contribution in [3.8, 4) is 44.5 Å². The van der Waals surface area contributed by atoms with Gasteiger partial charge in [-0.15, -0.1) is 0 Å². The van der Waals surface area contributed by atoms with Crippen molar-refractivity contribution in [1.82, 2.24) is 0 Å². The second-order valence-corrected chi connectivity index (χ2v) is 18.1. The molecule has 66 heavy (non-hydrogen) atoms. The van der Waals surface area contributed by atoms with Gasteiger partial charge in [-0.1, -0.05) is 201 Å². The molecular formula is C66H42. The summed E-state index contributed by atoms with van der Waals surface area (Å²) in [6.45, 7) is 2.24. The van der Waals surface area contributed by atoms with Crippen molar-refractivity contribution >= 4 is 97.0 Å². The first-order valence-electron chi connectivity index (χ1n) is 23.3. The second-order valence-electron chi connectivity index (χ2n) is 18.1. The molecule has 0 radical (unpaired) electrons. The van der Waals surface area contributed by atoms with Crippen LogP contribution in [0.4, 0.5) is 0 Å². The Kier molecular flexibility index (Phi) is 8.06. The van der Waals surface area contributed by atoms with Crippen molar-refractivity contribution < 1.29 is 0 Å². The van der Waals surface area contributed by atoms with Gasteiger partial charge in [-0.3, -0.25) is 0 Å². The Labute approximate surface area is 383 Å². The van der Waals surface area contributed by atoms with E-state index in [9.17, 15) is 0 Å². The predicted molar refractivity (Wildman–Crippen MR) is 286 cm³/mol. The minimum Gasteiger partial charge on any atom is -0.0616 e. The van der Waals surface area contributed by atoms with Gasteiger partial charge in [-0.2, -0.15) is 0 Å². The monoisotopic (exact) mass is 834 g/mol. The summed E-state index contributed by atoms with van der Waals surface area (Å²) in [4.78, 5) is 0. The minimum atomic E-state index is 1.01. The Bertz CT molecular complexity index is 4160. The molecule has 0 saturated heterocycles. The molecule has 0 aliphatic rings. The highest BCUT2D eigenvalue weighted by Gasteiger charge is 2.24. The molecule has 0 aliphatic heterocycles. The van der Waals surface area contributed by atoms with Crippen LogP contribution in [0.5, 0.6) is 0 Å². The number of hydrogen-bond acceptors (Lipinski definition) is 0. The maximum absolute atomic E-state index is 2.52. The Morgan fingerprint density at radius 1 is 0.227 bits per heavy atom. The normalized spacial score (nSPS) is 12.1. The van der Waals surface area contributed by atoms with Crippen LogP contribution in [0.25, 0.3) is 141 Å². The molecule has 14 aromatic rings. The standard InChI is InChI=1S/C66H42/c1-2-40-27-29-41(30-28-40)58-38-62(59-35-42-15-3-6-18-45(42)48-21-9-12-24-51(48)59)55-33-34-57-64(61-37-44-17-5-8-20-47(44)50-23-11-14-26-53(50)61)39-63(56-32-31-54(58)65(55)66(56)57)60-36-43-16-4-7-19-46(43)49-22-10-13-25-52(49)60/h3-39H,2H2,1H3. The molecular weight excluding hydrogens is 793 g/mol. The predicted octanol–water partition coefficient (Wildman–Crippen LogP) is 18.7. The Hall–Kier alpha value is -8.32. The van der Waals surface area contributed by atoms with Crippen molar-refractivity contribution in [2.45, 2.75) is 13.3 Å². The van der Waals surface area contributed by atoms with Crippen molar-refractivity contribution in [1.29, 1.82) is 0 Å². The van der Waals surface area contributed by atoms with E-state index < -0.39 is 0 Å². The summed E-state index contributed by atoms with van der Waals surface area (Å²) >= 11 is 0. The molecule has 0 heterocycles. The third-order valence-corrected chi connectivity index (χ3v) is 14.7. The molecule has 306 valence electrons. The summed E-state index contributed by atoms with van der Waals surface area (Å²) in [5.74, 6) is 0. The largest absolute Gasteiger partial charge is 0.0616 e. The van der Waals surface area contributed by atoms with Gasteiger partial charge in [0, 0.05) is 0 Å². The van der Waals surface area contributed by atoms with Gasteiger partial charge >= 0.3 is 0 Å². The molecule has 14 aromatic carbocycles. The van der Waals surface area contributed by atoms with Gasteiger partial charge in [0.15, 0.2) is 0 Å². The van der Waals surface area contributed by atoms with Gasteiger partial charge < -0.3 is 0 Å². The van der Waals surface area contributed by atoms with Crippen LogP contribution in [0.3, 0.4) is 0 Å². The van der Waals surface area contributed by atoms with Gasteiger partial charge in [0.1, 0.15) is 0 Å². The lowest BCUT2D eigenvalue weighted by Gasteiger charge is -2.23. The summed E-state index contributed by atoms with van der Waals surface area (Å²) in [6.07, 6.45) is 1.01. The number of benzene rings is 14. The van der Waals surface area contributed by atoms with Gasteiger partial charge in [0.2, 0.25) is 0 Å². The van der Waals surface area contributed by atoms with Crippen LogP contribution in [0.1, 0.15) is 12.5 Å². The lowest BCUT2D eigenvalue weighted by molar-refractivity contribution is 1.14. The molecule has 0 fully saturated rings. The summed E-state index contributed by atoms with van der Waals surface area (Å²) in [7, 11) is 0. The summed E-state index contributed by atoms with van der Waals surface area (Å²) in [5.41, 5.74) is 11.4. The molecule has 0 saturated carbocycles. The molecule has 14 rings (SSSR count). The highest BCUT2D eigenvalue weighted by Crippen LogP contribution is 2.52. The lowest BCUT2D eigenvalue weighted by Crippen LogP contribution is -1.96. The van der Waals surface area contributed by atoms with Crippen LogP contribution in [-0.2, 0) is 6.42 Å². The van der Waals surface area contributed by atoms with Crippen LogP contribution in [-0.4, -0.2) is 0 Å². The van der Waals surface area contributed by atoms with E-state index in [1.54, 1.807) is 0 Å². The number of aryl methyl sites for hydroxylation is 1. The lowest BCUT2D eigenvalue weighted by atomic mass is 9.80. The first-order valence-corrected chi connectivity index (χ1v) is 23.3. The SMILES string of the molecule is CCc1ccc(-c2cc(-c3cc4ccccc4c4ccccc34)c3ccc4c(-c5cc6ccccc6c6ccccc56)cc(-c5cc6ccccc6c6ccccc56)c5ccc2c3c54)cc1. The molecule has 0 atom stereocenters. The number of fused-ring (bicyclic) bond motifs is 9. The Morgan fingerprint density at radius 2 is 0.515 bits per heavy atom. The molecule has 0 unspecified atom stereocenters. The maximum atomic E-state index is 2.52. The van der Waals surface area contributed by atoms with E-state index in [2.05, 4.69) is 231 Å². The van der Waals surface area contributed by atoms with Crippen LogP contribution >= 0.6 is 0 Å². The van der Waals surface area contributed by atoms with E-state index in [1.807, 2.05) is 0 Å². The molecule has 0 heteroatoms. The summed E-state index contributed by atoms with van der Waals surface area (Å²) < 4.78 is 0. The highest BCUT2D eigenvalue weighted by molar-refractivity contribution is 6.34. The van der Waals surface area contributed by atoms with E-state index in [0.717, 1.165) is 6.42 Å². The van der Waals surface area contributed by atoms with E-state index in [1.165, 1.54) is 147 Å². The summed E-state index contributed by atoms with van der Waals surface area (Å²) in [6, 6.07) is 85.0. The van der Waals surface area contributed by atoms with Crippen LogP contribution in [0.2, 0.25) is 0 Å². The first-order chi connectivity index (χ1) is 32.7. The van der Waals surface area contributed by atoms with E-state index in [4.69, 9.17) is 0 Å². The van der Waals surface area contributed by atoms with Gasteiger partial charge in [-0.25, -0.2) is 0 Å². The summed E-state index contributed by atoms with van der Waals surface area (Å²) in [5, 5.41) is 22.9. The molecule has 0 aliphatic carbocycles. The fourth-order valence-corrected chi connectivity index (χ4v) is 11.7. The van der Waals surface area contributed by atoms with Gasteiger partial charge in [0.05, 0.1) is 0 Å². The van der Waals surface area contributed by atoms with Crippen LogP contribution < -0.4 is 0 Å². The zero-order valence-corrected chi connectivity index (χ0v) is 36.6. The number of rotatable bonds is 5. The van der Waals surface area contributed by atoms with Crippen molar-refractivity contribution in [2.75, 3.05) is 0 Å². The van der Waals surface area contributed by atoms with Crippen molar-refractivity contribution in [3.63, 3.8) is 0 Å². The van der Waals surface area contributed by atoms with E-state index in [-0.39, 0.29) is 0 Å². The highest BCUT2D eigenvalue weighted by atomic mass is 14.3. The van der Waals surface area contributed by atoms with Gasteiger partial charge in [-0.05, 0) is 184 Å². The van der Waals surface area contributed by atoms with Crippen molar-refractivity contribution in [3.05, 3.63) is 230 Å². The van der Waals surface area contributed by atoms with Crippen LogP contribution in [0, 0.1) is 0 Å². The van der Waals surface area contributed by atoms with E-state index >= 15 is 0 Å². The second kappa shape index (κ2) is 14.3. The first kappa shape index (κ1) is 37.1. The molecule has 0 amide bonds. The molecule has 0 N–H and O–H groups in total. The van der Waals surface area contributed by atoms with Gasteiger partial charge in [0.25, 0.3) is 0 Å². The zero-order chi connectivity index (χ0) is 43.5. The fraction of sp³-hybridized carbons (Fsp3) is 0.0303.